The molecule has 17 heavy (non-hydrogen) atoms. The largest absolute Gasteiger partial charge is 0.394 e. The topological polar surface area (TPSA) is 75.4 Å². The summed E-state index contributed by atoms with van der Waals surface area (Å²) in [5.74, 6) is -0.645. The number of anilines is 1. The van der Waals surface area contributed by atoms with Crippen LogP contribution in [-0.2, 0) is 0 Å². The highest BCUT2D eigenvalue weighted by atomic mass is 19.1. The Morgan fingerprint density at radius 3 is 2.71 bits per heavy atom. The monoisotopic (exact) mass is 240 g/mol. The van der Waals surface area contributed by atoms with Gasteiger partial charge in [0.05, 0.1) is 23.1 Å². The first-order valence-corrected chi connectivity index (χ1v) is 5.39. The number of nitrogens with one attached hydrogen (secondary N) is 1. The standard InChI is InChI=1S/C11H13FN2O3/c12-8-2-3-9(10(6-8)14(16)17)13-11(7-15)4-1-5-11/h2-3,6,13,15H,1,4-5,7H2. The van der Waals surface area contributed by atoms with E-state index in [2.05, 4.69) is 5.32 Å². The van der Waals surface area contributed by atoms with Gasteiger partial charge >= 0.3 is 0 Å². The Labute approximate surface area is 97.4 Å². The van der Waals surface area contributed by atoms with Crippen LogP contribution in [0.25, 0.3) is 0 Å². The number of hydrogen-bond acceptors (Lipinski definition) is 4. The van der Waals surface area contributed by atoms with E-state index in [4.69, 9.17) is 0 Å². The minimum atomic E-state index is -0.645. The van der Waals surface area contributed by atoms with E-state index in [1.807, 2.05) is 0 Å². The van der Waals surface area contributed by atoms with E-state index in [1.165, 1.54) is 12.1 Å². The number of hydrogen-bond donors (Lipinski definition) is 2. The molecule has 2 rings (SSSR count). The summed E-state index contributed by atoms with van der Waals surface area (Å²) in [6.45, 7) is -0.0818. The van der Waals surface area contributed by atoms with Gasteiger partial charge in [0, 0.05) is 0 Å². The molecular formula is C11H13FN2O3. The molecule has 0 aliphatic heterocycles. The third-order valence-electron chi connectivity index (χ3n) is 3.17. The van der Waals surface area contributed by atoms with Crippen molar-refractivity contribution in [3.63, 3.8) is 0 Å². The summed E-state index contributed by atoms with van der Waals surface area (Å²) >= 11 is 0. The maximum Gasteiger partial charge on any atom is 0.295 e. The average molecular weight is 240 g/mol. The Morgan fingerprint density at radius 1 is 1.53 bits per heavy atom. The third-order valence-corrected chi connectivity index (χ3v) is 3.17. The number of benzene rings is 1. The van der Waals surface area contributed by atoms with Crippen LogP contribution in [0.2, 0.25) is 0 Å². The Morgan fingerprint density at radius 2 is 2.24 bits per heavy atom. The minimum Gasteiger partial charge on any atom is -0.394 e. The number of nitro benzene ring substituents is 1. The van der Waals surface area contributed by atoms with Crippen LogP contribution in [0, 0.1) is 15.9 Å². The van der Waals surface area contributed by atoms with Crippen LogP contribution >= 0.6 is 0 Å². The first kappa shape index (κ1) is 11.8. The summed E-state index contributed by atoms with van der Waals surface area (Å²) in [6, 6.07) is 3.38. The molecule has 0 bridgehead atoms. The van der Waals surface area contributed by atoms with Gasteiger partial charge in [0.1, 0.15) is 11.5 Å². The maximum absolute atomic E-state index is 12.9. The quantitative estimate of drug-likeness (QED) is 0.624. The minimum absolute atomic E-state index is 0.0818. The van der Waals surface area contributed by atoms with Gasteiger partial charge in [0.15, 0.2) is 0 Å². The van der Waals surface area contributed by atoms with Crippen molar-refractivity contribution >= 4 is 11.4 Å². The van der Waals surface area contributed by atoms with Gasteiger partial charge in [-0.15, -0.1) is 0 Å². The lowest BCUT2D eigenvalue weighted by Crippen LogP contribution is -2.48. The van der Waals surface area contributed by atoms with Gasteiger partial charge in [0.25, 0.3) is 5.69 Å². The number of aliphatic hydroxyl groups is 1. The van der Waals surface area contributed by atoms with Crippen LogP contribution in [-0.4, -0.2) is 22.2 Å². The van der Waals surface area contributed by atoms with Crippen LogP contribution in [0.3, 0.4) is 0 Å². The second kappa shape index (κ2) is 4.29. The number of nitrogens with zero attached hydrogens (tertiary/aromatic N) is 1. The van der Waals surface area contributed by atoms with Crippen molar-refractivity contribution < 1.29 is 14.4 Å². The highest BCUT2D eigenvalue weighted by Crippen LogP contribution is 2.37. The van der Waals surface area contributed by atoms with E-state index in [0.29, 0.717) is 0 Å². The zero-order valence-corrected chi connectivity index (χ0v) is 9.15. The molecule has 2 N–H and O–H groups in total. The zero-order valence-electron chi connectivity index (χ0n) is 9.15. The fraction of sp³-hybridized carbons (Fsp3) is 0.455. The Kier molecular flexibility index (Phi) is 2.97. The first-order valence-electron chi connectivity index (χ1n) is 5.39. The molecule has 0 spiro atoms. The SMILES string of the molecule is O=[N+]([O-])c1cc(F)ccc1NC1(CO)CCC1. The van der Waals surface area contributed by atoms with Gasteiger partial charge in [-0.25, -0.2) is 4.39 Å². The number of halogens is 1. The van der Waals surface area contributed by atoms with Crippen LogP contribution in [0.4, 0.5) is 15.8 Å². The summed E-state index contributed by atoms with van der Waals surface area (Å²) in [4.78, 5) is 10.2. The highest BCUT2D eigenvalue weighted by Gasteiger charge is 2.37. The predicted molar refractivity (Wildman–Crippen MR) is 60.3 cm³/mol. The van der Waals surface area contributed by atoms with Crippen molar-refractivity contribution in [3.8, 4) is 0 Å². The molecule has 0 amide bonds. The van der Waals surface area contributed by atoms with Crippen molar-refractivity contribution in [2.75, 3.05) is 11.9 Å². The molecule has 1 aliphatic carbocycles. The van der Waals surface area contributed by atoms with E-state index in [-0.39, 0.29) is 18.0 Å². The van der Waals surface area contributed by atoms with E-state index in [9.17, 15) is 19.6 Å². The Bertz CT molecular complexity index is 441. The van der Waals surface area contributed by atoms with Crippen LogP contribution in [0.1, 0.15) is 19.3 Å². The van der Waals surface area contributed by atoms with E-state index in [1.54, 1.807) is 0 Å². The van der Waals surface area contributed by atoms with Gasteiger partial charge in [0.2, 0.25) is 0 Å². The van der Waals surface area contributed by atoms with Crippen LogP contribution in [0.5, 0.6) is 0 Å². The lowest BCUT2D eigenvalue weighted by Gasteiger charge is -2.41. The van der Waals surface area contributed by atoms with E-state index in [0.717, 1.165) is 25.3 Å². The number of rotatable bonds is 4. The maximum atomic E-state index is 12.9. The second-order valence-corrected chi connectivity index (χ2v) is 4.34. The molecule has 6 heteroatoms. The Hall–Kier alpha value is -1.69. The number of aliphatic hydroxyl groups excluding tert-OH is 1. The molecule has 1 aromatic rings. The van der Waals surface area contributed by atoms with E-state index >= 15 is 0 Å². The highest BCUT2D eigenvalue weighted by molar-refractivity contribution is 5.63. The normalized spacial score (nSPS) is 17.3. The molecule has 0 aromatic heterocycles. The zero-order chi connectivity index (χ0) is 12.5. The van der Waals surface area contributed by atoms with Gasteiger partial charge in [-0.2, -0.15) is 0 Å². The van der Waals surface area contributed by atoms with Gasteiger partial charge in [-0.05, 0) is 31.4 Å². The molecule has 0 atom stereocenters. The lowest BCUT2D eigenvalue weighted by atomic mass is 9.77. The van der Waals surface area contributed by atoms with Crippen molar-refractivity contribution in [2.45, 2.75) is 24.8 Å². The fourth-order valence-electron chi connectivity index (χ4n) is 1.97. The summed E-state index contributed by atoms with van der Waals surface area (Å²) in [6.07, 6.45) is 2.50. The summed E-state index contributed by atoms with van der Waals surface area (Å²) < 4.78 is 12.9. The predicted octanol–water partition coefficient (Wildman–Crippen LogP) is 2.06. The van der Waals surface area contributed by atoms with Crippen molar-refractivity contribution in [2.24, 2.45) is 0 Å². The molecule has 0 heterocycles. The summed E-state index contributed by atoms with van der Waals surface area (Å²) in [5.41, 5.74) is -0.530. The van der Waals surface area contributed by atoms with Crippen molar-refractivity contribution in [1.82, 2.24) is 0 Å². The van der Waals surface area contributed by atoms with Crippen LogP contribution in [0.15, 0.2) is 18.2 Å². The van der Waals surface area contributed by atoms with Gasteiger partial charge in [-0.3, -0.25) is 10.1 Å². The van der Waals surface area contributed by atoms with Gasteiger partial charge in [-0.1, -0.05) is 0 Å². The van der Waals surface area contributed by atoms with Crippen molar-refractivity contribution in [1.29, 1.82) is 0 Å². The molecule has 0 unspecified atom stereocenters. The average Bonchev–Trinajstić information content (AvgIpc) is 2.25. The Balaban J connectivity index is 2.29. The number of nitro groups is 1. The molecule has 1 aromatic carbocycles. The van der Waals surface area contributed by atoms with Crippen LogP contribution < -0.4 is 5.32 Å². The summed E-state index contributed by atoms with van der Waals surface area (Å²) in [5, 5.41) is 23.0. The van der Waals surface area contributed by atoms with Crippen molar-refractivity contribution in [3.05, 3.63) is 34.1 Å². The smallest absolute Gasteiger partial charge is 0.295 e. The molecule has 0 radical (unpaired) electrons. The second-order valence-electron chi connectivity index (χ2n) is 4.34. The molecule has 1 fully saturated rings. The molecule has 5 nitrogen and oxygen atoms in total. The molecule has 1 aliphatic rings. The summed E-state index contributed by atoms with van der Waals surface area (Å²) in [7, 11) is 0. The van der Waals surface area contributed by atoms with Gasteiger partial charge < -0.3 is 10.4 Å². The molecule has 0 saturated heterocycles. The lowest BCUT2D eigenvalue weighted by molar-refractivity contribution is -0.384. The van der Waals surface area contributed by atoms with E-state index < -0.39 is 16.3 Å². The fourth-order valence-corrected chi connectivity index (χ4v) is 1.97. The molecule has 1 saturated carbocycles. The molecular weight excluding hydrogens is 227 g/mol. The molecule has 92 valence electrons. The first-order chi connectivity index (χ1) is 8.06. The third kappa shape index (κ3) is 2.21.